The number of anilines is 7. The Morgan fingerprint density at radius 2 is 0.875 bits per heavy atom. The molecule has 0 saturated carbocycles. The molecule has 15 nitrogen and oxygen atoms in total. The van der Waals surface area contributed by atoms with Gasteiger partial charge in [-0.25, -0.2) is 34.9 Å². The van der Waals surface area contributed by atoms with Gasteiger partial charge in [0.05, 0.1) is 39.3 Å². The number of thiazole rings is 3. The van der Waals surface area contributed by atoms with Crippen LogP contribution in [0.25, 0.3) is 22.5 Å². The number of hydrogen-bond acceptors (Lipinski definition) is 18. The average molecular weight is 1540 g/mol. The number of rotatable bonds is 10. The van der Waals surface area contributed by atoms with Crippen LogP contribution < -0.4 is 32.5 Å². The predicted molar refractivity (Wildman–Crippen MR) is 369 cm³/mol. The third kappa shape index (κ3) is 27.1. The van der Waals surface area contributed by atoms with Crippen LogP contribution in [0.4, 0.5) is 91.0 Å². The first-order valence-electron chi connectivity index (χ1n) is 26.9. The monoisotopic (exact) mass is 1530 g/mol. The summed E-state index contributed by atoms with van der Waals surface area (Å²) in [7, 11) is 2.75. The van der Waals surface area contributed by atoms with E-state index in [-0.39, 0.29) is 34.6 Å². The fourth-order valence-corrected chi connectivity index (χ4v) is 10.1. The van der Waals surface area contributed by atoms with E-state index in [1.165, 1.54) is 102 Å². The van der Waals surface area contributed by atoms with E-state index in [0.29, 0.717) is 58.4 Å². The Kier molecular flexibility index (Phi) is 34.3. The number of pyridine rings is 4. The summed E-state index contributed by atoms with van der Waals surface area (Å²) in [5, 5.41) is 25.8. The molecule has 0 amide bonds. The molecule has 33 heteroatoms. The molecule has 0 radical (unpaired) electrons. The summed E-state index contributed by atoms with van der Waals surface area (Å²) in [5.74, 6) is -0.887. The molecular weight excluding hydrogens is 1470 g/mol. The van der Waals surface area contributed by atoms with E-state index in [1.807, 2.05) is 45.2 Å². The molecule has 7 N–H and O–H groups in total. The van der Waals surface area contributed by atoms with E-state index in [4.69, 9.17) is 14.4 Å². The highest BCUT2D eigenvalue weighted by Crippen LogP contribution is 2.38. The van der Waals surface area contributed by atoms with Crippen molar-refractivity contribution in [3.8, 4) is 22.5 Å². The molecule has 11 rings (SSSR count). The van der Waals surface area contributed by atoms with Crippen molar-refractivity contribution in [3.05, 3.63) is 206 Å². The molecule has 10 aromatic rings. The van der Waals surface area contributed by atoms with Gasteiger partial charge in [0.15, 0.2) is 15.4 Å². The number of aliphatic hydroxyl groups excluding tert-OH is 1. The third-order valence-corrected chi connectivity index (χ3v) is 15.6. The molecule has 1 aliphatic rings. The van der Waals surface area contributed by atoms with E-state index in [9.17, 15) is 52.7 Å². The summed E-state index contributed by atoms with van der Waals surface area (Å²) in [5.41, 5.74) is 5.89. The minimum atomic E-state index is -4.40. The average Bonchev–Trinajstić information content (AvgIpc) is 1.63. The maximum atomic E-state index is 13.1. The molecule has 1 aliphatic heterocycles. The first-order chi connectivity index (χ1) is 43.8. The highest BCUT2D eigenvalue weighted by molar-refractivity contribution is 9.10. The van der Waals surface area contributed by atoms with Gasteiger partial charge in [-0.05, 0) is 154 Å². The maximum absolute atomic E-state index is 13.1. The summed E-state index contributed by atoms with van der Waals surface area (Å²) >= 11 is 10.1. The normalized spacial score (nSPS) is 12.4. The van der Waals surface area contributed by atoms with Crippen molar-refractivity contribution in [2.45, 2.75) is 86.6 Å². The van der Waals surface area contributed by atoms with Gasteiger partial charge in [-0.15, -0.1) is 34.0 Å². The van der Waals surface area contributed by atoms with E-state index >= 15 is 0 Å². The van der Waals surface area contributed by atoms with E-state index in [1.54, 1.807) is 61.3 Å². The first-order valence-corrected chi connectivity index (χ1v) is 31.1. The fraction of sp³-hybridized carbons (Fsp3) is 0.254. The van der Waals surface area contributed by atoms with E-state index in [0.717, 1.165) is 47.7 Å². The SMILES string of the molecule is C.C.C.CC1(C)OB(c2ccnc(F)c2)OC1(C)C.CCO.CN.CNc1cc(-c2csc(Nc3cccc(C(F)(F)F)c3)n2)ccn1.FC(F)(F)c1cccc(Nc2nc(Br)cs2)c1.Fc1cc(-c2csc(Nc3cccc(C(F)(F)F)c3)n2)ccn1.Fc1cc(Br)ccn1. The minimum absolute atomic E-state index is 0. The summed E-state index contributed by atoms with van der Waals surface area (Å²) in [6.45, 7) is 9.78. The number of aliphatic hydroxyl groups is 1. The van der Waals surface area contributed by atoms with Gasteiger partial charge in [-0.3, -0.25) is 0 Å². The summed E-state index contributed by atoms with van der Waals surface area (Å²) < 4.78 is 165. The van der Waals surface area contributed by atoms with E-state index in [2.05, 4.69) is 93.7 Å². The van der Waals surface area contributed by atoms with Crippen LogP contribution in [-0.2, 0) is 27.8 Å². The highest BCUT2D eigenvalue weighted by Gasteiger charge is 2.51. The number of aromatic nitrogens is 7. The lowest BCUT2D eigenvalue weighted by atomic mass is 9.80. The van der Waals surface area contributed by atoms with Crippen molar-refractivity contribution in [2.75, 3.05) is 42.0 Å². The summed E-state index contributed by atoms with van der Waals surface area (Å²) in [4.78, 5) is 27.1. The third-order valence-electron chi connectivity index (χ3n) is 12.1. The zero-order chi connectivity index (χ0) is 68.7. The van der Waals surface area contributed by atoms with Gasteiger partial charge in [0, 0.05) is 99.4 Å². The molecule has 0 spiro atoms. The van der Waals surface area contributed by atoms with Crippen molar-refractivity contribution < 1.29 is 67.1 Å². The molecule has 0 atom stereocenters. The van der Waals surface area contributed by atoms with Gasteiger partial charge in [0.25, 0.3) is 0 Å². The Hall–Kier alpha value is -7.63. The molecule has 0 bridgehead atoms. The molecule has 3 aromatic carbocycles. The van der Waals surface area contributed by atoms with Crippen LogP contribution in [0.1, 0.15) is 73.6 Å². The maximum Gasteiger partial charge on any atom is 0.495 e. The second-order valence-electron chi connectivity index (χ2n) is 19.3. The number of nitrogens with two attached hydrogens (primary N) is 1. The van der Waals surface area contributed by atoms with Crippen LogP contribution in [0.3, 0.4) is 0 Å². The van der Waals surface area contributed by atoms with Crippen molar-refractivity contribution in [1.29, 1.82) is 0 Å². The lowest BCUT2D eigenvalue weighted by Gasteiger charge is -2.32. The first kappa shape index (κ1) is 84.5. The number of alkyl halides is 9. The van der Waals surface area contributed by atoms with Crippen molar-refractivity contribution in [1.82, 2.24) is 34.9 Å². The second kappa shape index (κ2) is 38.9. The predicted octanol–water partition coefficient (Wildman–Crippen LogP) is 19.8. The largest absolute Gasteiger partial charge is 0.495 e. The van der Waals surface area contributed by atoms with Gasteiger partial charge in [0.2, 0.25) is 17.8 Å². The Balaban J connectivity index is 0.000000410. The quantitative estimate of drug-likeness (QED) is 0.0428. The van der Waals surface area contributed by atoms with Gasteiger partial charge < -0.3 is 41.4 Å². The number of nitrogens with zero attached hydrogens (tertiary/aromatic N) is 7. The number of nitrogens with one attached hydrogen (secondary N) is 4. The van der Waals surface area contributed by atoms with Crippen LogP contribution in [-0.4, -0.2) is 79.0 Å². The lowest BCUT2D eigenvalue weighted by molar-refractivity contribution is -0.138. The van der Waals surface area contributed by atoms with Crippen LogP contribution in [0.2, 0.25) is 0 Å². The number of hydrogen-bond donors (Lipinski definition) is 6. The lowest BCUT2D eigenvalue weighted by Crippen LogP contribution is -2.41. The molecule has 1 fully saturated rings. The van der Waals surface area contributed by atoms with Crippen LogP contribution >= 0.6 is 65.9 Å². The molecule has 0 unspecified atom stereocenters. The Morgan fingerprint density at radius 3 is 1.23 bits per heavy atom. The van der Waals surface area contributed by atoms with Crippen molar-refractivity contribution in [2.24, 2.45) is 5.73 Å². The smallest absolute Gasteiger partial charge is 0.399 e. The van der Waals surface area contributed by atoms with Crippen LogP contribution in [0, 0.1) is 17.8 Å². The number of halogens is 14. The van der Waals surface area contributed by atoms with Crippen LogP contribution in [0.15, 0.2) is 171 Å². The Bertz CT molecular complexity index is 3910. The van der Waals surface area contributed by atoms with Gasteiger partial charge in [-0.1, -0.05) is 56.4 Å². The molecular formula is C63H69BBr2F12N12O3S3. The minimum Gasteiger partial charge on any atom is -0.399 e. The molecule has 518 valence electrons. The molecule has 0 aliphatic carbocycles. The fourth-order valence-electron chi connectivity index (χ4n) is 7.14. The van der Waals surface area contributed by atoms with Crippen molar-refractivity contribution >= 4 is 117 Å². The zero-order valence-electron chi connectivity index (χ0n) is 49.9. The summed E-state index contributed by atoms with van der Waals surface area (Å²) in [6.07, 6.45) is -7.30. The number of benzene rings is 3. The Labute approximate surface area is 577 Å². The Morgan fingerprint density at radius 1 is 0.510 bits per heavy atom. The highest BCUT2D eigenvalue weighted by atomic mass is 79.9. The van der Waals surface area contributed by atoms with E-state index < -0.39 is 71.4 Å². The molecule has 8 heterocycles. The van der Waals surface area contributed by atoms with Gasteiger partial charge in [-0.2, -0.15) is 52.7 Å². The molecule has 1 saturated heterocycles. The summed E-state index contributed by atoms with van der Waals surface area (Å²) in [6, 6.07) is 27.4. The molecule has 96 heavy (non-hydrogen) atoms. The standard InChI is InChI=1S/C16H13F3N4S.C15H9F4N3S.C11H15BFNO2.C10H6BrF3N2S.C5H3BrFN.C2H6O.CH5N.3CH4/c1-20-14-7-10(5-6-21-14)13-9-24-15(23-13)22-12-4-2-3-11(8-12)16(17,18)19;16-13-6-9(4-5-20-13)12-8-23-14(22-12)21-11-3-1-2-10(7-11)15(17,18)19;1-10(2)11(3,4)16-12(15-10)8-5-6-14-9(13)7-8;11-8-5-17-9(16-8)15-7-3-1-2-6(4-7)10(12,13)14;6-4-1-2-8-5(7)3-4;1-2-3;1-2;;;/h2-9H,1H3,(H,20,21)(H,22,23);1-8H,(H,21,22);5-7H,1-4H3;1-5H,(H,15,16);1-3H;3H,2H2,1H3;2H2,1H3;3*1H4. The van der Waals surface area contributed by atoms with Crippen molar-refractivity contribution in [3.63, 3.8) is 0 Å². The molecule has 7 aromatic heterocycles. The van der Waals surface area contributed by atoms with Crippen LogP contribution in [0.5, 0.6) is 0 Å². The topological polar surface area (TPSA) is 203 Å². The second-order valence-corrected chi connectivity index (χ2v) is 23.6. The zero-order valence-corrected chi connectivity index (χ0v) is 55.5. The van der Waals surface area contributed by atoms with Gasteiger partial charge >= 0.3 is 25.6 Å². The van der Waals surface area contributed by atoms with Gasteiger partial charge in [0.1, 0.15) is 10.4 Å².